The number of anilines is 1. The fourth-order valence-corrected chi connectivity index (χ4v) is 2.33. The van der Waals surface area contributed by atoms with Crippen LogP contribution in [-0.2, 0) is 6.54 Å². The number of β-amino-alcohol motifs (C(OH)–C–C–N with tert-alkyl or cyclic N) is 1. The SMILES string of the molecule is C=C(N)Nc1ccc(CN2CCN(CCO)CC2)cn1. The van der Waals surface area contributed by atoms with E-state index in [0.717, 1.165) is 39.3 Å². The number of nitrogens with two attached hydrogens (primary N) is 1. The van der Waals surface area contributed by atoms with Crippen molar-refractivity contribution in [2.45, 2.75) is 6.54 Å². The maximum atomic E-state index is 8.92. The Hall–Kier alpha value is -1.63. The molecule has 1 fully saturated rings. The summed E-state index contributed by atoms with van der Waals surface area (Å²) in [4.78, 5) is 9.00. The Kier molecular flexibility index (Phi) is 5.34. The number of aliphatic hydroxyl groups excluding tert-OH is 1. The molecule has 2 heterocycles. The van der Waals surface area contributed by atoms with E-state index in [4.69, 9.17) is 10.8 Å². The largest absolute Gasteiger partial charge is 0.395 e. The van der Waals surface area contributed by atoms with E-state index < -0.39 is 0 Å². The molecule has 0 unspecified atom stereocenters. The highest BCUT2D eigenvalue weighted by molar-refractivity contribution is 5.40. The van der Waals surface area contributed by atoms with Crippen LogP contribution in [0.25, 0.3) is 0 Å². The van der Waals surface area contributed by atoms with Gasteiger partial charge >= 0.3 is 0 Å². The van der Waals surface area contributed by atoms with Gasteiger partial charge in [-0.3, -0.25) is 9.80 Å². The fourth-order valence-electron chi connectivity index (χ4n) is 2.33. The highest BCUT2D eigenvalue weighted by Gasteiger charge is 2.16. The Balaban J connectivity index is 1.80. The predicted molar refractivity (Wildman–Crippen MR) is 80.0 cm³/mol. The Bertz CT molecular complexity index is 426. The van der Waals surface area contributed by atoms with Crippen LogP contribution in [0.2, 0.25) is 0 Å². The summed E-state index contributed by atoms with van der Waals surface area (Å²) >= 11 is 0. The molecule has 0 aliphatic carbocycles. The van der Waals surface area contributed by atoms with Gasteiger partial charge in [0.25, 0.3) is 0 Å². The lowest BCUT2D eigenvalue weighted by atomic mass is 10.2. The van der Waals surface area contributed by atoms with Crippen molar-refractivity contribution in [1.82, 2.24) is 14.8 Å². The van der Waals surface area contributed by atoms with Crippen molar-refractivity contribution in [3.05, 3.63) is 36.3 Å². The smallest absolute Gasteiger partial charge is 0.131 e. The normalized spacial score (nSPS) is 17.1. The molecule has 0 atom stereocenters. The van der Waals surface area contributed by atoms with E-state index in [9.17, 15) is 0 Å². The molecule has 1 saturated heterocycles. The molecule has 4 N–H and O–H groups in total. The minimum absolute atomic E-state index is 0.241. The van der Waals surface area contributed by atoms with E-state index in [0.29, 0.717) is 11.6 Å². The van der Waals surface area contributed by atoms with Crippen molar-refractivity contribution >= 4 is 5.82 Å². The van der Waals surface area contributed by atoms with Crippen LogP contribution in [0.5, 0.6) is 0 Å². The van der Waals surface area contributed by atoms with Crippen LogP contribution in [0.3, 0.4) is 0 Å². The van der Waals surface area contributed by atoms with Crippen LogP contribution in [0.1, 0.15) is 5.56 Å². The topological polar surface area (TPSA) is 77.7 Å². The molecular weight excluding hydrogens is 254 g/mol. The lowest BCUT2D eigenvalue weighted by Crippen LogP contribution is -2.46. The molecule has 2 rings (SSSR count). The second-order valence-corrected chi connectivity index (χ2v) is 5.04. The van der Waals surface area contributed by atoms with E-state index in [1.165, 1.54) is 5.56 Å². The third-order valence-corrected chi connectivity index (χ3v) is 3.40. The zero-order valence-electron chi connectivity index (χ0n) is 11.8. The third-order valence-electron chi connectivity index (χ3n) is 3.40. The predicted octanol–water partition coefficient (Wildman–Crippen LogP) is 0.0333. The fraction of sp³-hybridized carbons (Fsp3) is 0.500. The van der Waals surface area contributed by atoms with Crippen LogP contribution in [0, 0.1) is 0 Å². The lowest BCUT2D eigenvalue weighted by Gasteiger charge is -2.34. The zero-order chi connectivity index (χ0) is 14.4. The van der Waals surface area contributed by atoms with E-state index in [1.807, 2.05) is 12.3 Å². The first-order valence-corrected chi connectivity index (χ1v) is 6.89. The average Bonchev–Trinajstić information content (AvgIpc) is 2.43. The first-order valence-electron chi connectivity index (χ1n) is 6.89. The van der Waals surface area contributed by atoms with Gasteiger partial charge < -0.3 is 16.2 Å². The summed E-state index contributed by atoms with van der Waals surface area (Å²) in [6.07, 6.45) is 1.87. The first-order chi connectivity index (χ1) is 9.67. The number of nitrogens with zero attached hydrogens (tertiary/aromatic N) is 3. The molecule has 0 radical (unpaired) electrons. The van der Waals surface area contributed by atoms with Gasteiger partial charge in [-0.05, 0) is 11.6 Å². The Morgan fingerprint density at radius 3 is 2.55 bits per heavy atom. The maximum Gasteiger partial charge on any atom is 0.131 e. The second kappa shape index (κ2) is 7.23. The van der Waals surface area contributed by atoms with Gasteiger partial charge in [0.2, 0.25) is 0 Å². The number of aromatic nitrogens is 1. The van der Waals surface area contributed by atoms with Gasteiger partial charge in [-0.25, -0.2) is 4.98 Å². The minimum Gasteiger partial charge on any atom is -0.395 e. The van der Waals surface area contributed by atoms with Crippen molar-refractivity contribution in [3.63, 3.8) is 0 Å². The summed E-state index contributed by atoms with van der Waals surface area (Å²) in [5.41, 5.74) is 6.66. The minimum atomic E-state index is 0.241. The lowest BCUT2D eigenvalue weighted by molar-refractivity contribution is 0.108. The van der Waals surface area contributed by atoms with Crippen LogP contribution < -0.4 is 11.1 Å². The van der Waals surface area contributed by atoms with Crippen LogP contribution in [-0.4, -0.2) is 59.2 Å². The van der Waals surface area contributed by atoms with Crippen LogP contribution >= 0.6 is 0 Å². The van der Waals surface area contributed by atoms with Crippen molar-refractivity contribution in [3.8, 4) is 0 Å². The van der Waals surface area contributed by atoms with Crippen molar-refractivity contribution < 1.29 is 5.11 Å². The number of pyridine rings is 1. The highest BCUT2D eigenvalue weighted by atomic mass is 16.3. The van der Waals surface area contributed by atoms with Gasteiger partial charge in [0.05, 0.1) is 12.4 Å². The standard InChI is InChI=1S/C14H23N5O/c1-12(15)17-14-3-2-13(10-16-14)11-19-6-4-18(5-7-19)8-9-20/h2-3,10,20H,1,4-9,11,15H2,(H,16,17). The van der Waals surface area contributed by atoms with Crippen molar-refractivity contribution in [2.75, 3.05) is 44.6 Å². The third kappa shape index (κ3) is 4.48. The quantitative estimate of drug-likeness (QED) is 0.681. The molecule has 1 aliphatic rings. The first kappa shape index (κ1) is 14.8. The van der Waals surface area contributed by atoms with Gasteiger partial charge in [-0.2, -0.15) is 0 Å². The van der Waals surface area contributed by atoms with Gasteiger partial charge in [0.1, 0.15) is 5.82 Å². The molecule has 1 aliphatic heterocycles. The number of rotatable bonds is 6. The highest BCUT2D eigenvalue weighted by Crippen LogP contribution is 2.10. The summed E-state index contributed by atoms with van der Waals surface area (Å²) in [5, 5.41) is 11.8. The summed E-state index contributed by atoms with van der Waals surface area (Å²) in [7, 11) is 0. The van der Waals surface area contributed by atoms with Gasteiger partial charge in [-0.1, -0.05) is 12.6 Å². The molecule has 0 bridgehead atoms. The summed E-state index contributed by atoms with van der Waals surface area (Å²) in [6.45, 7) is 9.59. The number of piperazine rings is 1. The molecule has 20 heavy (non-hydrogen) atoms. The van der Waals surface area contributed by atoms with Crippen molar-refractivity contribution in [1.29, 1.82) is 0 Å². The molecule has 0 aromatic carbocycles. The van der Waals surface area contributed by atoms with Crippen LogP contribution in [0.15, 0.2) is 30.7 Å². The number of hydrogen-bond donors (Lipinski definition) is 3. The molecule has 1 aromatic heterocycles. The molecule has 6 heteroatoms. The van der Waals surface area contributed by atoms with Gasteiger partial charge in [-0.15, -0.1) is 0 Å². The Morgan fingerprint density at radius 1 is 1.30 bits per heavy atom. The molecule has 0 saturated carbocycles. The van der Waals surface area contributed by atoms with E-state index in [2.05, 4.69) is 32.7 Å². The molecule has 0 spiro atoms. The Labute approximate surface area is 119 Å². The van der Waals surface area contributed by atoms with Crippen LogP contribution in [0.4, 0.5) is 5.82 Å². The van der Waals surface area contributed by atoms with E-state index >= 15 is 0 Å². The van der Waals surface area contributed by atoms with Gasteiger partial charge in [0.15, 0.2) is 0 Å². The molecular formula is C14H23N5O. The average molecular weight is 277 g/mol. The number of nitrogens with one attached hydrogen (secondary N) is 1. The Morgan fingerprint density at radius 2 is 2.00 bits per heavy atom. The maximum absolute atomic E-state index is 8.92. The molecule has 6 nitrogen and oxygen atoms in total. The van der Waals surface area contributed by atoms with Crippen molar-refractivity contribution in [2.24, 2.45) is 5.73 Å². The molecule has 1 aromatic rings. The number of hydrogen-bond acceptors (Lipinski definition) is 6. The molecule has 110 valence electrons. The van der Waals surface area contributed by atoms with E-state index in [1.54, 1.807) is 0 Å². The summed E-state index contributed by atoms with van der Waals surface area (Å²) in [6, 6.07) is 3.97. The monoisotopic (exact) mass is 277 g/mol. The van der Waals surface area contributed by atoms with Gasteiger partial charge in [0, 0.05) is 45.5 Å². The summed E-state index contributed by atoms with van der Waals surface area (Å²) < 4.78 is 0. The second-order valence-electron chi connectivity index (χ2n) is 5.04. The van der Waals surface area contributed by atoms with E-state index in [-0.39, 0.29) is 6.61 Å². The summed E-state index contributed by atoms with van der Waals surface area (Å²) in [5.74, 6) is 1.11. The molecule has 0 amide bonds. The zero-order valence-corrected chi connectivity index (χ0v) is 11.8. The number of aliphatic hydroxyl groups is 1.